The molecule has 0 aliphatic rings. The van der Waals surface area contributed by atoms with Crippen LogP contribution in [0.1, 0.15) is 56.7 Å². The number of halogens is 3. The van der Waals surface area contributed by atoms with E-state index >= 15 is 0 Å². The van der Waals surface area contributed by atoms with Gasteiger partial charge in [-0.1, -0.05) is 81.4 Å². The Morgan fingerprint density at radius 2 is 1.57 bits per heavy atom. The maximum Gasteiger partial charge on any atom is 0.573 e. The minimum absolute atomic E-state index is 0.0204. The molecule has 0 aromatic heterocycles. The van der Waals surface area contributed by atoms with Gasteiger partial charge >= 0.3 is 6.36 Å². The summed E-state index contributed by atoms with van der Waals surface area (Å²) >= 11 is 0. The molecule has 0 spiro atoms. The molecular weight excluding hydrogens is 611 g/mol. The molecule has 0 bridgehead atoms. The minimum atomic E-state index is -4.65. The summed E-state index contributed by atoms with van der Waals surface area (Å²) in [6.07, 6.45) is -0.265. The highest BCUT2D eigenvalue weighted by Gasteiger charge is 2.31. The monoisotopic (exact) mass is 657 g/mol. The molecule has 0 aliphatic heterocycles. The lowest BCUT2D eigenvalue weighted by atomic mass is 9.98. The van der Waals surface area contributed by atoms with Gasteiger partial charge in [-0.15, -0.1) is 13.2 Å². The lowest BCUT2D eigenvalue weighted by Gasteiger charge is -2.24. The van der Waals surface area contributed by atoms with Gasteiger partial charge in [0.25, 0.3) is 0 Å². The molecular formula is C36H46F3N3O5. The molecule has 8 nitrogen and oxygen atoms in total. The lowest BCUT2D eigenvalue weighted by Crippen LogP contribution is -2.50. The van der Waals surface area contributed by atoms with Gasteiger partial charge in [-0.2, -0.15) is 0 Å². The Kier molecular flexibility index (Phi) is 16.9. The molecule has 2 atom stereocenters. The molecule has 3 aromatic carbocycles. The SMILES string of the molecule is CC(C)C(NC=O)C(=O)NC(CCCC(=O)NCCc1ccccc1)Cc1ccccc1.CCc1cc(OC(F)(F)F)ccc1OC. The van der Waals surface area contributed by atoms with E-state index in [2.05, 4.69) is 20.7 Å². The first-order valence-electron chi connectivity index (χ1n) is 15.7. The first-order valence-corrected chi connectivity index (χ1v) is 15.7. The molecule has 0 saturated carbocycles. The van der Waals surface area contributed by atoms with Crippen molar-refractivity contribution in [2.75, 3.05) is 13.7 Å². The van der Waals surface area contributed by atoms with Crippen molar-refractivity contribution in [1.82, 2.24) is 16.0 Å². The highest BCUT2D eigenvalue weighted by Crippen LogP contribution is 2.28. The number of amides is 3. The van der Waals surface area contributed by atoms with Gasteiger partial charge in [-0.25, -0.2) is 0 Å². The van der Waals surface area contributed by atoms with E-state index in [1.807, 2.05) is 81.4 Å². The van der Waals surface area contributed by atoms with Crippen LogP contribution in [0.2, 0.25) is 0 Å². The van der Waals surface area contributed by atoms with Crippen LogP contribution in [-0.2, 0) is 33.6 Å². The van der Waals surface area contributed by atoms with Gasteiger partial charge in [-0.05, 0) is 72.9 Å². The van der Waals surface area contributed by atoms with Gasteiger partial charge in [0, 0.05) is 19.0 Å². The Morgan fingerprint density at radius 3 is 2.13 bits per heavy atom. The van der Waals surface area contributed by atoms with Crippen LogP contribution in [-0.4, -0.2) is 50.3 Å². The van der Waals surface area contributed by atoms with E-state index in [0.717, 1.165) is 12.0 Å². The fourth-order valence-corrected chi connectivity index (χ4v) is 4.88. The molecule has 0 saturated heterocycles. The number of alkyl halides is 3. The van der Waals surface area contributed by atoms with Gasteiger partial charge < -0.3 is 25.4 Å². The van der Waals surface area contributed by atoms with Crippen molar-refractivity contribution < 1.29 is 37.0 Å². The summed E-state index contributed by atoms with van der Waals surface area (Å²) in [4.78, 5) is 35.9. The van der Waals surface area contributed by atoms with Gasteiger partial charge in [0.1, 0.15) is 17.5 Å². The van der Waals surface area contributed by atoms with Crippen LogP contribution in [0.25, 0.3) is 0 Å². The first kappa shape index (κ1) is 38.6. The van der Waals surface area contributed by atoms with Gasteiger partial charge in [0.15, 0.2) is 0 Å². The Labute approximate surface area is 275 Å². The number of hydrogen-bond donors (Lipinski definition) is 3. The standard InChI is InChI=1S/C26H35N3O3.C10H11F3O2/c1-20(2)25(28-19-30)26(32)29-23(18-22-12-7-4-8-13-22)14-9-15-24(31)27-17-16-21-10-5-3-6-11-21;1-3-7-6-8(15-10(11,12)13)4-5-9(7)14-2/h3-8,10-13,19-20,23,25H,9,14-18H2,1-2H3,(H,27,31)(H,28,30)(H,29,32);4-6H,3H2,1-2H3. The molecule has 3 N–H and O–H groups in total. The number of ether oxygens (including phenoxy) is 2. The third kappa shape index (κ3) is 15.5. The highest BCUT2D eigenvalue weighted by atomic mass is 19.4. The van der Waals surface area contributed by atoms with Crippen molar-refractivity contribution >= 4 is 18.2 Å². The number of aryl methyl sites for hydroxylation is 1. The Balaban J connectivity index is 0.000000427. The zero-order valence-electron chi connectivity index (χ0n) is 27.4. The fraction of sp³-hybridized carbons (Fsp3) is 0.417. The van der Waals surface area contributed by atoms with Crippen molar-refractivity contribution in [2.24, 2.45) is 5.92 Å². The van der Waals surface area contributed by atoms with E-state index in [-0.39, 0.29) is 29.5 Å². The topological polar surface area (TPSA) is 106 Å². The fourth-order valence-electron chi connectivity index (χ4n) is 4.88. The summed E-state index contributed by atoms with van der Waals surface area (Å²) in [6, 6.07) is 23.3. The number of methoxy groups -OCH3 is 1. The van der Waals surface area contributed by atoms with Crippen LogP contribution in [0.5, 0.6) is 11.5 Å². The second kappa shape index (κ2) is 20.6. The van der Waals surface area contributed by atoms with E-state index in [1.165, 1.54) is 30.9 Å². The normalized spacial score (nSPS) is 12.2. The molecule has 0 aliphatic carbocycles. The molecule has 47 heavy (non-hydrogen) atoms. The average molecular weight is 658 g/mol. The number of carbonyl (C=O) groups is 3. The summed E-state index contributed by atoms with van der Waals surface area (Å²) < 4.78 is 44.5. The molecule has 256 valence electrons. The lowest BCUT2D eigenvalue weighted by molar-refractivity contribution is -0.274. The maximum absolute atomic E-state index is 12.7. The predicted molar refractivity (Wildman–Crippen MR) is 176 cm³/mol. The van der Waals surface area contributed by atoms with E-state index in [1.54, 1.807) is 0 Å². The molecule has 3 amide bonds. The van der Waals surface area contributed by atoms with E-state index < -0.39 is 12.4 Å². The molecule has 3 aromatic rings. The third-order valence-corrected chi connectivity index (χ3v) is 7.27. The Morgan fingerprint density at radius 1 is 0.936 bits per heavy atom. The summed E-state index contributed by atoms with van der Waals surface area (Å²) in [5.74, 6) is 0.147. The van der Waals surface area contributed by atoms with E-state index in [4.69, 9.17) is 4.74 Å². The van der Waals surface area contributed by atoms with Gasteiger partial charge in [-0.3, -0.25) is 14.4 Å². The van der Waals surface area contributed by atoms with Crippen molar-refractivity contribution in [3.8, 4) is 11.5 Å². The maximum atomic E-state index is 12.7. The Hall–Kier alpha value is -4.54. The zero-order chi connectivity index (χ0) is 34.7. The van der Waals surface area contributed by atoms with Gasteiger partial charge in [0.05, 0.1) is 7.11 Å². The number of nitrogens with one attached hydrogen (secondary N) is 3. The number of benzene rings is 3. The molecule has 0 fully saturated rings. The number of rotatable bonds is 17. The molecule has 0 heterocycles. The molecule has 11 heteroatoms. The largest absolute Gasteiger partial charge is 0.573 e. The number of hydrogen-bond acceptors (Lipinski definition) is 5. The van der Waals surface area contributed by atoms with Crippen molar-refractivity contribution in [3.63, 3.8) is 0 Å². The number of carbonyl (C=O) groups excluding carboxylic acids is 3. The summed E-state index contributed by atoms with van der Waals surface area (Å²) in [5, 5.41) is 8.65. The van der Waals surface area contributed by atoms with E-state index in [9.17, 15) is 27.6 Å². The van der Waals surface area contributed by atoms with Gasteiger partial charge in [0.2, 0.25) is 18.2 Å². The summed E-state index contributed by atoms with van der Waals surface area (Å²) in [5.41, 5.74) is 3.00. The summed E-state index contributed by atoms with van der Waals surface area (Å²) in [6.45, 7) is 6.23. The third-order valence-electron chi connectivity index (χ3n) is 7.27. The minimum Gasteiger partial charge on any atom is -0.496 e. The molecule has 2 unspecified atom stereocenters. The van der Waals surface area contributed by atoms with Crippen LogP contribution in [0.3, 0.4) is 0 Å². The second-order valence-corrected chi connectivity index (χ2v) is 11.3. The predicted octanol–water partition coefficient (Wildman–Crippen LogP) is 6.17. The van der Waals surface area contributed by atoms with Crippen molar-refractivity contribution in [3.05, 3.63) is 95.6 Å². The first-order chi connectivity index (χ1) is 22.4. The summed E-state index contributed by atoms with van der Waals surface area (Å²) in [7, 11) is 1.47. The Bertz CT molecular complexity index is 1350. The highest BCUT2D eigenvalue weighted by molar-refractivity contribution is 5.84. The van der Waals surface area contributed by atoms with E-state index in [0.29, 0.717) is 56.4 Å². The zero-order valence-corrected chi connectivity index (χ0v) is 27.4. The van der Waals surface area contributed by atoms with Crippen LogP contribution in [0.4, 0.5) is 13.2 Å². The second-order valence-electron chi connectivity index (χ2n) is 11.3. The average Bonchev–Trinajstić information content (AvgIpc) is 3.03. The molecule has 0 radical (unpaired) electrons. The van der Waals surface area contributed by atoms with Crippen LogP contribution in [0.15, 0.2) is 78.9 Å². The van der Waals surface area contributed by atoms with Crippen LogP contribution >= 0.6 is 0 Å². The van der Waals surface area contributed by atoms with Crippen molar-refractivity contribution in [2.45, 2.75) is 77.7 Å². The van der Waals surface area contributed by atoms with Crippen LogP contribution in [0, 0.1) is 5.92 Å². The van der Waals surface area contributed by atoms with Crippen LogP contribution < -0.4 is 25.4 Å². The quantitative estimate of drug-likeness (QED) is 0.151. The molecule has 3 rings (SSSR count). The smallest absolute Gasteiger partial charge is 0.496 e. The van der Waals surface area contributed by atoms with Crippen molar-refractivity contribution in [1.29, 1.82) is 0 Å².